The molecule has 0 fully saturated rings. The molecule has 0 aliphatic carbocycles. The van der Waals surface area contributed by atoms with E-state index < -0.39 is 5.60 Å². The Morgan fingerprint density at radius 3 is 2.56 bits per heavy atom. The summed E-state index contributed by atoms with van der Waals surface area (Å²) >= 11 is 0. The minimum absolute atomic E-state index is 0.0920. The quantitative estimate of drug-likeness (QED) is 0.774. The van der Waals surface area contributed by atoms with E-state index in [2.05, 4.69) is 4.98 Å². The molecular formula is C12H18N2O2. The maximum atomic E-state index is 12.3. The van der Waals surface area contributed by atoms with Gasteiger partial charge in [-0.25, -0.2) is 0 Å². The molecule has 16 heavy (non-hydrogen) atoms. The molecule has 0 bridgehead atoms. The number of hydrogen-bond donors (Lipinski definition) is 1. The van der Waals surface area contributed by atoms with Crippen LogP contribution in [0.1, 0.15) is 37.0 Å². The molecule has 4 heteroatoms. The lowest BCUT2D eigenvalue weighted by Gasteiger charge is -2.28. The number of rotatable bonds is 5. The number of methoxy groups -OCH3 is 1. The monoisotopic (exact) mass is 222 g/mol. The Hall–Kier alpha value is -1.42. The number of hydrogen-bond acceptors (Lipinski definition) is 4. The van der Waals surface area contributed by atoms with Crippen LogP contribution in [0.25, 0.3) is 0 Å². The first-order chi connectivity index (χ1) is 7.61. The van der Waals surface area contributed by atoms with Crippen molar-refractivity contribution in [3.63, 3.8) is 0 Å². The number of nitrogens with zero attached hydrogens (tertiary/aromatic N) is 1. The zero-order valence-electron chi connectivity index (χ0n) is 9.99. The molecule has 0 aromatic carbocycles. The molecule has 1 rings (SSSR count). The van der Waals surface area contributed by atoms with Crippen molar-refractivity contribution in [1.29, 1.82) is 0 Å². The number of pyridine rings is 1. The fourth-order valence-corrected chi connectivity index (χ4v) is 1.79. The van der Waals surface area contributed by atoms with Crippen LogP contribution in [-0.2, 0) is 4.74 Å². The van der Waals surface area contributed by atoms with Gasteiger partial charge in [0.25, 0.3) is 0 Å². The van der Waals surface area contributed by atoms with Crippen LogP contribution in [0.5, 0.6) is 0 Å². The predicted octanol–water partition coefficient (Wildman–Crippen LogP) is 2.05. The number of carbonyl (C=O) groups is 1. The third-order valence-corrected chi connectivity index (χ3v) is 3.05. The summed E-state index contributed by atoms with van der Waals surface area (Å²) in [7, 11) is 1.55. The summed E-state index contributed by atoms with van der Waals surface area (Å²) < 4.78 is 5.37. The Morgan fingerprint density at radius 1 is 1.50 bits per heavy atom. The summed E-state index contributed by atoms with van der Waals surface area (Å²) in [5.74, 6) is -0.0920. The summed E-state index contributed by atoms with van der Waals surface area (Å²) in [6, 6.07) is 1.62. The van der Waals surface area contributed by atoms with E-state index in [4.69, 9.17) is 10.5 Å². The van der Waals surface area contributed by atoms with Crippen molar-refractivity contribution < 1.29 is 9.53 Å². The van der Waals surface area contributed by atoms with Gasteiger partial charge in [0.15, 0.2) is 5.78 Å². The van der Waals surface area contributed by atoms with Crippen molar-refractivity contribution in [2.45, 2.75) is 32.3 Å². The molecule has 0 aliphatic rings. The van der Waals surface area contributed by atoms with E-state index in [1.165, 1.54) is 6.20 Å². The minimum Gasteiger partial charge on any atom is -0.398 e. The second-order valence-corrected chi connectivity index (χ2v) is 3.70. The van der Waals surface area contributed by atoms with Crippen LogP contribution in [0.15, 0.2) is 18.5 Å². The predicted molar refractivity (Wildman–Crippen MR) is 63.3 cm³/mol. The Labute approximate surface area is 95.8 Å². The first kappa shape index (κ1) is 12.6. The van der Waals surface area contributed by atoms with E-state index in [0.717, 1.165) is 0 Å². The van der Waals surface area contributed by atoms with Crippen LogP contribution in [0, 0.1) is 0 Å². The molecule has 0 saturated heterocycles. The van der Waals surface area contributed by atoms with Crippen LogP contribution in [0.2, 0.25) is 0 Å². The van der Waals surface area contributed by atoms with Crippen molar-refractivity contribution in [2.24, 2.45) is 0 Å². The molecule has 0 aliphatic heterocycles. The van der Waals surface area contributed by atoms with E-state index in [0.29, 0.717) is 24.1 Å². The highest BCUT2D eigenvalue weighted by atomic mass is 16.5. The van der Waals surface area contributed by atoms with Gasteiger partial charge < -0.3 is 10.5 Å². The van der Waals surface area contributed by atoms with Crippen molar-refractivity contribution in [3.8, 4) is 0 Å². The van der Waals surface area contributed by atoms with Gasteiger partial charge in [-0.3, -0.25) is 9.78 Å². The molecule has 1 aromatic rings. The Balaban J connectivity index is 3.14. The zero-order valence-corrected chi connectivity index (χ0v) is 9.99. The van der Waals surface area contributed by atoms with Gasteiger partial charge in [0.1, 0.15) is 5.60 Å². The van der Waals surface area contributed by atoms with E-state index in [1.54, 1.807) is 19.4 Å². The number of nitrogen functional groups attached to an aromatic ring is 1. The maximum Gasteiger partial charge on any atom is 0.198 e. The van der Waals surface area contributed by atoms with Crippen molar-refractivity contribution in [3.05, 3.63) is 24.0 Å². The summed E-state index contributed by atoms with van der Waals surface area (Å²) in [5.41, 5.74) is 5.87. The average molecular weight is 222 g/mol. The van der Waals surface area contributed by atoms with Gasteiger partial charge in [-0.15, -0.1) is 0 Å². The third kappa shape index (κ3) is 2.07. The number of carbonyl (C=O) groups excluding carboxylic acids is 1. The highest BCUT2D eigenvalue weighted by Crippen LogP contribution is 2.26. The number of ether oxygens (including phenoxy) is 1. The average Bonchev–Trinajstić information content (AvgIpc) is 2.32. The molecule has 2 N–H and O–H groups in total. The van der Waals surface area contributed by atoms with Crippen LogP contribution < -0.4 is 5.73 Å². The minimum atomic E-state index is -0.781. The van der Waals surface area contributed by atoms with E-state index in [-0.39, 0.29) is 5.78 Å². The number of ketones is 1. The molecule has 0 unspecified atom stereocenters. The standard InChI is InChI=1S/C12H18N2O2/c1-4-12(5-2,16-3)11(15)9-8-14-7-6-10(9)13/h6-8H,4-5H2,1-3H3,(H2,13,14). The van der Waals surface area contributed by atoms with Gasteiger partial charge in [0, 0.05) is 25.2 Å². The first-order valence-corrected chi connectivity index (χ1v) is 5.40. The lowest BCUT2D eigenvalue weighted by molar-refractivity contribution is -0.00256. The summed E-state index contributed by atoms with van der Waals surface area (Å²) in [6.07, 6.45) is 4.30. The largest absolute Gasteiger partial charge is 0.398 e. The number of anilines is 1. The van der Waals surface area contributed by atoms with Gasteiger partial charge in [-0.1, -0.05) is 13.8 Å². The topological polar surface area (TPSA) is 65.2 Å². The Kier molecular flexibility index (Phi) is 4.01. The maximum absolute atomic E-state index is 12.3. The Bertz CT molecular complexity index is 365. The molecule has 0 radical (unpaired) electrons. The highest BCUT2D eigenvalue weighted by molar-refractivity contribution is 6.05. The van der Waals surface area contributed by atoms with E-state index >= 15 is 0 Å². The van der Waals surface area contributed by atoms with E-state index in [1.807, 2.05) is 13.8 Å². The molecular weight excluding hydrogens is 204 g/mol. The smallest absolute Gasteiger partial charge is 0.198 e. The van der Waals surface area contributed by atoms with Crippen LogP contribution >= 0.6 is 0 Å². The summed E-state index contributed by atoms with van der Waals surface area (Å²) in [6.45, 7) is 3.86. The molecule has 0 amide bonds. The SMILES string of the molecule is CCC(CC)(OC)C(=O)c1cnccc1N. The molecule has 1 heterocycles. The second kappa shape index (κ2) is 5.07. The molecule has 0 spiro atoms. The molecule has 4 nitrogen and oxygen atoms in total. The van der Waals surface area contributed by atoms with Crippen molar-refractivity contribution >= 4 is 11.5 Å². The van der Waals surface area contributed by atoms with Crippen LogP contribution in [0.4, 0.5) is 5.69 Å². The summed E-state index contributed by atoms with van der Waals surface area (Å²) in [4.78, 5) is 16.3. The number of aromatic nitrogens is 1. The lowest BCUT2D eigenvalue weighted by atomic mass is 9.88. The number of nitrogens with two attached hydrogens (primary N) is 1. The Morgan fingerprint density at radius 2 is 2.12 bits per heavy atom. The van der Waals surface area contributed by atoms with Crippen LogP contribution in [0.3, 0.4) is 0 Å². The van der Waals surface area contributed by atoms with Crippen molar-refractivity contribution in [1.82, 2.24) is 4.98 Å². The van der Waals surface area contributed by atoms with Gasteiger partial charge >= 0.3 is 0 Å². The van der Waals surface area contributed by atoms with Gasteiger partial charge in [-0.05, 0) is 18.9 Å². The molecule has 0 atom stereocenters. The zero-order chi connectivity index (χ0) is 12.2. The third-order valence-electron chi connectivity index (χ3n) is 3.05. The molecule has 1 aromatic heterocycles. The van der Waals surface area contributed by atoms with Crippen LogP contribution in [-0.4, -0.2) is 23.5 Å². The fourth-order valence-electron chi connectivity index (χ4n) is 1.79. The highest BCUT2D eigenvalue weighted by Gasteiger charge is 2.36. The lowest BCUT2D eigenvalue weighted by Crippen LogP contribution is -2.40. The van der Waals surface area contributed by atoms with Gasteiger partial charge in [-0.2, -0.15) is 0 Å². The summed E-state index contributed by atoms with van der Waals surface area (Å²) in [5, 5.41) is 0. The number of Topliss-reactive ketones (excluding diaryl/α,β-unsaturated/α-hetero) is 1. The van der Waals surface area contributed by atoms with Gasteiger partial charge in [0.2, 0.25) is 0 Å². The normalized spacial score (nSPS) is 11.4. The fraction of sp³-hybridized carbons (Fsp3) is 0.500. The van der Waals surface area contributed by atoms with Crippen molar-refractivity contribution in [2.75, 3.05) is 12.8 Å². The van der Waals surface area contributed by atoms with E-state index in [9.17, 15) is 4.79 Å². The van der Waals surface area contributed by atoms with Gasteiger partial charge in [0.05, 0.1) is 5.56 Å². The first-order valence-electron chi connectivity index (χ1n) is 5.40. The molecule has 88 valence electrons. The second-order valence-electron chi connectivity index (χ2n) is 3.70. The molecule has 0 saturated carbocycles.